The maximum absolute atomic E-state index is 2.50. The Morgan fingerprint density at radius 1 is 0.396 bits per heavy atom. The molecule has 0 saturated carbocycles. The summed E-state index contributed by atoms with van der Waals surface area (Å²) >= 11 is 1.87. The number of aromatic nitrogens is 1. The maximum atomic E-state index is 2.50. The number of hydrogen-bond acceptors (Lipinski definition) is 2. The van der Waals surface area contributed by atoms with Gasteiger partial charge < -0.3 is 9.47 Å². The van der Waals surface area contributed by atoms with E-state index in [9.17, 15) is 0 Å². The summed E-state index contributed by atoms with van der Waals surface area (Å²) in [7, 11) is 0. The van der Waals surface area contributed by atoms with Crippen molar-refractivity contribution < 1.29 is 0 Å². The molecule has 2 heterocycles. The van der Waals surface area contributed by atoms with E-state index in [4.69, 9.17) is 0 Å². The fourth-order valence-electron chi connectivity index (χ4n) is 9.06. The Bertz CT molecular complexity index is 3290. The van der Waals surface area contributed by atoms with Gasteiger partial charge in [0.2, 0.25) is 0 Å². The van der Waals surface area contributed by atoms with Crippen molar-refractivity contribution in [3.8, 4) is 27.9 Å². The van der Waals surface area contributed by atoms with Crippen LogP contribution in [0.25, 0.3) is 91.5 Å². The van der Waals surface area contributed by atoms with Gasteiger partial charge in [0.05, 0.1) is 16.7 Å². The standard InChI is InChI=1S/C50H30N2S/c1-2-14-33(15-3-1)52-43-21-8-6-17-37(43)42-29-34(25-27-44(42)52)51(35-24-26-39-38-18-7-9-23-46(38)53-47(39)30-35)45-22-11-20-41-49(45)40-19-10-13-32-28-31-12-4-5-16-36(31)50(41)48(32)40/h1-30H. The largest absolute Gasteiger partial charge is 0.310 e. The second kappa shape index (κ2) is 10.9. The first-order chi connectivity index (χ1) is 26.3. The monoisotopic (exact) mass is 690 g/mol. The lowest BCUT2D eigenvalue weighted by molar-refractivity contribution is 1.18. The highest BCUT2D eigenvalue weighted by molar-refractivity contribution is 7.25. The molecule has 0 bridgehead atoms. The number of hydrogen-bond donors (Lipinski definition) is 0. The number of para-hydroxylation sites is 2. The molecule has 1 aliphatic carbocycles. The van der Waals surface area contributed by atoms with Crippen LogP contribution in [0.2, 0.25) is 0 Å². The first kappa shape index (κ1) is 29.0. The third-order valence-electron chi connectivity index (χ3n) is 11.3. The van der Waals surface area contributed by atoms with Gasteiger partial charge in [-0.3, -0.25) is 0 Å². The molecule has 0 aliphatic heterocycles. The van der Waals surface area contributed by atoms with E-state index in [0.717, 1.165) is 17.1 Å². The van der Waals surface area contributed by atoms with Crippen LogP contribution < -0.4 is 4.90 Å². The van der Waals surface area contributed by atoms with Crippen molar-refractivity contribution in [2.24, 2.45) is 0 Å². The van der Waals surface area contributed by atoms with Crippen molar-refractivity contribution in [3.63, 3.8) is 0 Å². The van der Waals surface area contributed by atoms with Crippen LogP contribution >= 0.6 is 11.3 Å². The quantitative estimate of drug-likeness (QED) is 0.167. The average Bonchev–Trinajstić information content (AvgIpc) is 3.87. The molecule has 2 aromatic heterocycles. The molecule has 0 fully saturated rings. The Labute approximate surface area is 310 Å². The molecule has 0 spiro atoms. The molecule has 2 nitrogen and oxygen atoms in total. The van der Waals surface area contributed by atoms with Gasteiger partial charge in [0.1, 0.15) is 0 Å². The molecule has 0 atom stereocenters. The maximum Gasteiger partial charge on any atom is 0.0546 e. The van der Waals surface area contributed by atoms with E-state index in [1.807, 2.05) is 11.3 Å². The average molecular weight is 691 g/mol. The molecule has 0 radical (unpaired) electrons. The number of anilines is 3. The molecule has 9 aromatic carbocycles. The molecule has 0 saturated heterocycles. The SMILES string of the molecule is c1ccc(-n2c3ccccc3c3cc(N(c4ccc5c(c4)sc4ccccc45)c4cccc5c4-c4cccc6cc7ccccc7c-5c46)ccc32)cc1. The molecule has 246 valence electrons. The fourth-order valence-corrected chi connectivity index (χ4v) is 10.2. The molecule has 0 amide bonds. The second-order valence-electron chi connectivity index (χ2n) is 14.1. The van der Waals surface area contributed by atoms with Crippen LogP contribution in [0.15, 0.2) is 182 Å². The summed E-state index contributed by atoms with van der Waals surface area (Å²) < 4.78 is 5.00. The molecular formula is C50H30N2S. The fraction of sp³-hybridized carbons (Fsp3) is 0. The molecule has 0 unspecified atom stereocenters. The van der Waals surface area contributed by atoms with Gasteiger partial charge in [0.15, 0.2) is 0 Å². The van der Waals surface area contributed by atoms with Gasteiger partial charge in [0.25, 0.3) is 0 Å². The minimum atomic E-state index is 1.13. The van der Waals surface area contributed by atoms with Crippen LogP contribution in [0.1, 0.15) is 0 Å². The molecule has 0 N–H and O–H groups in total. The van der Waals surface area contributed by atoms with Crippen LogP contribution in [0.3, 0.4) is 0 Å². The summed E-state index contributed by atoms with van der Waals surface area (Å²) in [6.07, 6.45) is 0. The Kier molecular flexibility index (Phi) is 5.96. The van der Waals surface area contributed by atoms with E-state index >= 15 is 0 Å². The normalized spacial score (nSPS) is 12.2. The molecule has 3 heteroatoms. The summed E-state index contributed by atoms with van der Waals surface area (Å²) in [4.78, 5) is 2.50. The molecular weight excluding hydrogens is 661 g/mol. The first-order valence-electron chi connectivity index (χ1n) is 18.2. The van der Waals surface area contributed by atoms with Crippen LogP contribution in [0, 0.1) is 0 Å². The number of fused-ring (bicyclic) bond motifs is 11. The Morgan fingerprint density at radius 3 is 2.00 bits per heavy atom. The van der Waals surface area contributed by atoms with Crippen molar-refractivity contribution in [3.05, 3.63) is 182 Å². The minimum absolute atomic E-state index is 1.13. The number of nitrogens with zero attached hydrogens (tertiary/aromatic N) is 2. The summed E-state index contributed by atoms with van der Waals surface area (Å²) in [6.45, 7) is 0. The summed E-state index contributed by atoms with van der Waals surface area (Å²) in [6, 6.07) is 67.2. The van der Waals surface area contributed by atoms with E-state index in [1.54, 1.807) is 0 Å². The molecule has 53 heavy (non-hydrogen) atoms. The highest BCUT2D eigenvalue weighted by Gasteiger charge is 2.29. The van der Waals surface area contributed by atoms with E-state index in [-0.39, 0.29) is 0 Å². The van der Waals surface area contributed by atoms with Gasteiger partial charge in [-0.2, -0.15) is 0 Å². The van der Waals surface area contributed by atoms with Crippen molar-refractivity contribution in [2.45, 2.75) is 0 Å². The van der Waals surface area contributed by atoms with Crippen LogP contribution in [0.4, 0.5) is 17.1 Å². The summed E-state index contributed by atoms with van der Waals surface area (Å²) in [5.41, 5.74) is 12.2. The third-order valence-corrected chi connectivity index (χ3v) is 12.4. The number of rotatable bonds is 4. The van der Waals surface area contributed by atoms with Gasteiger partial charge in [-0.05, 0) is 105 Å². The zero-order chi connectivity index (χ0) is 34.6. The number of thiophene rings is 1. The lowest BCUT2D eigenvalue weighted by atomic mass is 9.96. The lowest BCUT2D eigenvalue weighted by Crippen LogP contribution is -2.11. The zero-order valence-electron chi connectivity index (χ0n) is 28.6. The predicted octanol–water partition coefficient (Wildman–Crippen LogP) is 14.6. The van der Waals surface area contributed by atoms with Crippen LogP contribution in [0.5, 0.6) is 0 Å². The topological polar surface area (TPSA) is 8.17 Å². The van der Waals surface area contributed by atoms with Gasteiger partial charge in [0, 0.05) is 53.6 Å². The Balaban J connectivity index is 1.16. The lowest BCUT2D eigenvalue weighted by Gasteiger charge is -2.28. The van der Waals surface area contributed by atoms with Crippen molar-refractivity contribution in [2.75, 3.05) is 4.90 Å². The molecule has 1 aliphatic rings. The first-order valence-corrected chi connectivity index (χ1v) is 19.0. The van der Waals surface area contributed by atoms with E-state index < -0.39 is 0 Å². The van der Waals surface area contributed by atoms with Gasteiger partial charge >= 0.3 is 0 Å². The zero-order valence-corrected chi connectivity index (χ0v) is 29.4. The van der Waals surface area contributed by atoms with E-state index in [1.165, 1.54) is 91.5 Å². The predicted molar refractivity (Wildman–Crippen MR) is 228 cm³/mol. The molecule has 11 aromatic rings. The Morgan fingerprint density at radius 2 is 1.08 bits per heavy atom. The van der Waals surface area contributed by atoms with Gasteiger partial charge in [-0.1, -0.05) is 115 Å². The smallest absolute Gasteiger partial charge is 0.0546 e. The number of benzene rings is 9. The Hall–Kier alpha value is -6.68. The van der Waals surface area contributed by atoms with Crippen molar-refractivity contribution in [1.82, 2.24) is 4.57 Å². The van der Waals surface area contributed by atoms with Crippen molar-refractivity contribution in [1.29, 1.82) is 0 Å². The van der Waals surface area contributed by atoms with Gasteiger partial charge in [-0.25, -0.2) is 0 Å². The summed E-state index contributed by atoms with van der Waals surface area (Å²) in [5.74, 6) is 0. The van der Waals surface area contributed by atoms with E-state index in [0.29, 0.717) is 0 Å². The highest BCUT2D eigenvalue weighted by atomic mass is 32.1. The third kappa shape index (κ3) is 4.08. The van der Waals surface area contributed by atoms with E-state index in [2.05, 4.69) is 191 Å². The van der Waals surface area contributed by atoms with Crippen LogP contribution in [-0.4, -0.2) is 4.57 Å². The highest BCUT2D eigenvalue weighted by Crippen LogP contribution is 2.56. The van der Waals surface area contributed by atoms with Gasteiger partial charge in [-0.15, -0.1) is 11.3 Å². The second-order valence-corrected chi connectivity index (χ2v) is 15.2. The van der Waals surface area contributed by atoms with Crippen molar-refractivity contribution >= 4 is 91.9 Å². The minimum Gasteiger partial charge on any atom is -0.310 e. The van der Waals surface area contributed by atoms with Crippen LogP contribution in [-0.2, 0) is 0 Å². The summed E-state index contributed by atoms with van der Waals surface area (Å²) in [5, 5.41) is 10.3. The molecule has 12 rings (SSSR count).